The number of carbonyl (C=O) groups excluding carboxylic acids is 1. The van der Waals surface area contributed by atoms with Crippen LogP contribution in [0.3, 0.4) is 0 Å². The predicted octanol–water partition coefficient (Wildman–Crippen LogP) is 1.57. The number of hydrogen-bond acceptors (Lipinski definition) is 2. The predicted molar refractivity (Wildman–Crippen MR) is 55.7 cm³/mol. The first-order valence-electron chi connectivity index (χ1n) is 4.90. The number of nitrogens with zero attached hydrogens (tertiary/aromatic N) is 1. The molecule has 0 saturated carbocycles. The molecule has 3 heteroatoms. The van der Waals surface area contributed by atoms with E-state index in [4.69, 9.17) is 4.74 Å². The summed E-state index contributed by atoms with van der Waals surface area (Å²) in [6, 6.07) is 0. The molecule has 0 N–H and O–H groups in total. The van der Waals surface area contributed by atoms with E-state index in [1.807, 2.05) is 11.0 Å². The van der Waals surface area contributed by atoms with Crippen LogP contribution in [0, 0.1) is 5.92 Å². The molecule has 1 amide bonds. The zero-order valence-corrected chi connectivity index (χ0v) is 8.45. The smallest absolute Gasteiger partial charge is 0.223 e. The van der Waals surface area contributed by atoms with Crippen molar-refractivity contribution in [3.8, 4) is 0 Å². The Hall–Kier alpha value is -1.25. The van der Waals surface area contributed by atoms with E-state index < -0.39 is 0 Å². The summed E-state index contributed by atoms with van der Waals surface area (Å²) < 4.78 is 4.99. The molecule has 0 radical (unpaired) electrons. The maximum Gasteiger partial charge on any atom is 0.223 e. The van der Waals surface area contributed by atoms with Crippen LogP contribution in [0.2, 0.25) is 0 Å². The van der Waals surface area contributed by atoms with Gasteiger partial charge in [0.1, 0.15) is 0 Å². The van der Waals surface area contributed by atoms with Crippen LogP contribution in [0.15, 0.2) is 25.5 Å². The van der Waals surface area contributed by atoms with Crippen LogP contribution in [0.5, 0.6) is 0 Å². The minimum Gasteiger partial charge on any atom is -0.502 e. The lowest BCUT2D eigenvalue weighted by Gasteiger charge is -2.15. The Labute approximate surface area is 85.0 Å². The molecule has 1 unspecified atom stereocenters. The summed E-state index contributed by atoms with van der Waals surface area (Å²) in [5.41, 5.74) is 0. The zero-order chi connectivity index (χ0) is 10.4. The number of hydrogen-bond donors (Lipinski definition) is 0. The van der Waals surface area contributed by atoms with Crippen LogP contribution in [0.25, 0.3) is 0 Å². The van der Waals surface area contributed by atoms with Gasteiger partial charge in [0.05, 0.1) is 12.9 Å². The SMILES string of the molecule is C=COCCCN1CC(C=C)CC1=O. The molecule has 78 valence electrons. The first-order valence-corrected chi connectivity index (χ1v) is 4.90. The highest BCUT2D eigenvalue weighted by Gasteiger charge is 2.26. The molecule has 0 aromatic rings. The van der Waals surface area contributed by atoms with Crippen LogP contribution >= 0.6 is 0 Å². The van der Waals surface area contributed by atoms with Gasteiger partial charge in [0.25, 0.3) is 0 Å². The molecule has 1 fully saturated rings. The van der Waals surface area contributed by atoms with Gasteiger partial charge in [0.2, 0.25) is 5.91 Å². The molecule has 3 nitrogen and oxygen atoms in total. The van der Waals surface area contributed by atoms with Crippen molar-refractivity contribution in [3.05, 3.63) is 25.5 Å². The second kappa shape index (κ2) is 5.47. The summed E-state index contributed by atoms with van der Waals surface area (Å²) in [4.78, 5) is 13.3. The van der Waals surface area contributed by atoms with Crippen molar-refractivity contribution in [2.75, 3.05) is 19.7 Å². The Morgan fingerprint density at radius 1 is 1.57 bits per heavy atom. The van der Waals surface area contributed by atoms with Crippen molar-refractivity contribution in [2.24, 2.45) is 5.92 Å². The van der Waals surface area contributed by atoms with Crippen molar-refractivity contribution in [1.82, 2.24) is 4.90 Å². The Balaban J connectivity index is 2.21. The zero-order valence-electron chi connectivity index (χ0n) is 8.45. The normalized spacial score (nSPS) is 21.0. The molecule has 1 aliphatic rings. The van der Waals surface area contributed by atoms with Crippen LogP contribution in [0.4, 0.5) is 0 Å². The quantitative estimate of drug-likeness (QED) is 0.366. The van der Waals surface area contributed by atoms with Crippen LogP contribution in [-0.4, -0.2) is 30.5 Å². The van der Waals surface area contributed by atoms with E-state index in [1.165, 1.54) is 6.26 Å². The first kappa shape index (κ1) is 10.8. The third-order valence-electron chi connectivity index (χ3n) is 2.39. The van der Waals surface area contributed by atoms with Crippen molar-refractivity contribution < 1.29 is 9.53 Å². The Morgan fingerprint density at radius 3 is 2.93 bits per heavy atom. The van der Waals surface area contributed by atoms with Gasteiger partial charge < -0.3 is 9.64 Å². The maximum atomic E-state index is 11.4. The van der Waals surface area contributed by atoms with E-state index >= 15 is 0 Å². The van der Waals surface area contributed by atoms with Crippen molar-refractivity contribution in [3.63, 3.8) is 0 Å². The summed E-state index contributed by atoms with van der Waals surface area (Å²) in [6.07, 6.45) is 4.77. The third kappa shape index (κ3) is 2.91. The highest BCUT2D eigenvalue weighted by Crippen LogP contribution is 2.18. The molecular weight excluding hydrogens is 178 g/mol. The highest BCUT2D eigenvalue weighted by atomic mass is 16.5. The monoisotopic (exact) mass is 195 g/mol. The molecule has 0 spiro atoms. The lowest BCUT2D eigenvalue weighted by molar-refractivity contribution is -0.127. The summed E-state index contributed by atoms with van der Waals surface area (Å²) >= 11 is 0. The number of amides is 1. The lowest BCUT2D eigenvalue weighted by atomic mass is 10.1. The molecule has 1 heterocycles. The number of likely N-dealkylation sites (tertiary alicyclic amines) is 1. The average molecular weight is 195 g/mol. The van der Waals surface area contributed by atoms with Gasteiger partial charge in [-0.25, -0.2) is 0 Å². The molecule has 1 atom stereocenters. The Bertz CT molecular complexity index is 225. The fourth-order valence-electron chi connectivity index (χ4n) is 1.60. The van der Waals surface area contributed by atoms with Gasteiger partial charge in [-0.2, -0.15) is 0 Å². The van der Waals surface area contributed by atoms with Crippen LogP contribution in [0.1, 0.15) is 12.8 Å². The fourth-order valence-corrected chi connectivity index (χ4v) is 1.60. The van der Waals surface area contributed by atoms with E-state index in [-0.39, 0.29) is 5.91 Å². The molecule has 1 rings (SSSR count). The van der Waals surface area contributed by atoms with Gasteiger partial charge in [-0.3, -0.25) is 4.79 Å². The van der Waals surface area contributed by atoms with Crippen molar-refractivity contribution >= 4 is 5.91 Å². The van der Waals surface area contributed by atoms with E-state index in [1.54, 1.807) is 0 Å². The molecule has 1 saturated heterocycles. The van der Waals surface area contributed by atoms with Gasteiger partial charge in [0, 0.05) is 25.4 Å². The van der Waals surface area contributed by atoms with Gasteiger partial charge in [-0.1, -0.05) is 12.7 Å². The molecule has 0 aromatic carbocycles. The summed E-state index contributed by atoms with van der Waals surface area (Å²) in [6.45, 7) is 9.38. The molecule has 0 bridgehead atoms. The van der Waals surface area contributed by atoms with Gasteiger partial charge in [-0.05, 0) is 6.42 Å². The van der Waals surface area contributed by atoms with Crippen molar-refractivity contribution in [1.29, 1.82) is 0 Å². The van der Waals surface area contributed by atoms with E-state index in [9.17, 15) is 4.79 Å². The second-order valence-corrected chi connectivity index (χ2v) is 3.43. The summed E-state index contributed by atoms with van der Waals surface area (Å²) in [7, 11) is 0. The van der Waals surface area contributed by atoms with Crippen LogP contribution < -0.4 is 0 Å². The van der Waals surface area contributed by atoms with E-state index in [2.05, 4.69) is 13.2 Å². The Kier molecular flexibility index (Phi) is 4.23. The topological polar surface area (TPSA) is 29.5 Å². The van der Waals surface area contributed by atoms with Crippen molar-refractivity contribution in [2.45, 2.75) is 12.8 Å². The third-order valence-corrected chi connectivity index (χ3v) is 2.39. The lowest BCUT2D eigenvalue weighted by Crippen LogP contribution is -2.26. The van der Waals surface area contributed by atoms with Gasteiger partial charge >= 0.3 is 0 Å². The first-order chi connectivity index (χ1) is 6.77. The fraction of sp³-hybridized carbons (Fsp3) is 0.545. The minimum atomic E-state index is 0.230. The number of ether oxygens (including phenoxy) is 1. The molecule has 0 aliphatic carbocycles. The summed E-state index contributed by atoms with van der Waals surface area (Å²) in [5, 5.41) is 0. The average Bonchev–Trinajstić information content (AvgIpc) is 2.54. The Morgan fingerprint density at radius 2 is 2.36 bits per heavy atom. The van der Waals surface area contributed by atoms with E-state index in [0.29, 0.717) is 18.9 Å². The molecule has 14 heavy (non-hydrogen) atoms. The number of rotatable bonds is 6. The molecule has 1 aliphatic heterocycles. The second-order valence-electron chi connectivity index (χ2n) is 3.43. The van der Waals surface area contributed by atoms with Gasteiger partial charge in [-0.15, -0.1) is 6.58 Å². The molecule has 0 aromatic heterocycles. The number of carbonyl (C=O) groups is 1. The minimum absolute atomic E-state index is 0.230. The van der Waals surface area contributed by atoms with E-state index in [0.717, 1.165) is 19.5 Å². The van der Waals surface area contributed by atoms with Crippen LogP contribution in [-0.2, 0) is 9.53 Å². The highest BCUT2D eigenvalue weighted by molar-refractivity contribution is 5.78. The maximum absolute atomic E-state index is 11.4. The largest absolute Gasteiger partial charge is 0.502 e. The molecular formula is C11H17NO2. The standard InChI is InChI=1S/C11H17NO2/c1-3-10-8-11(13)12(9-10)6-5-7-14-4-2/h3-4,10H,1-2,5-9H2. The van der Waals surface area contributed by atoms with Gasteiger partial charge in [0.15, 0.2) is 0 Å². The summed E-state index contributed by atoms with van der Waals surface area (Å²) in [5.74, 6) is 0.566.